The van der Waals surface area contributed by atoms with Crippen LogP contribution in [0.15, 0.2) is 28.8 Å². The average molecular weight is 316 g/mol. The van der Waals surface area contributed by atoms with E-state index in [9.17, 15) is 9.59 Å². The van der Waals surface area contributed by atoms with Gasteiger partial charge in [-0.25, -0.2) is 4.79 Å². The molecule has 6 heteroatoms. The summed E-state index contributed by atoms with van der Waals surface area (Å²) in [6, 6.07) is 7.37. The molecule has 0 aliphatic rings. The number of anilines is 1. The summed E-state index contributed by atoms with van der Waals surface area (Å²) in [5.74, 6) is -1.11. The Labute approximate surface area is 134 Å². The first-order chi connectivity index (χ1) is 11.0. The zero-order valence-electron chi connectivity index (χ0n) is 13.5. The van der Waals surface area contributed by atoms with Crippen molar-refractivity contribution in [2.45, 2.75) is 33.6 Å². The lowest BCUT2D eigenvalue weighted by atomic mass is 10.0. The third kappa shape index (κ3) is 4.18. The van der Waals surface area contributed by atoms with Gasteiger partial charge in [0.1, 0.15) is 0 Å². The molecule has 1 aromatic heterocycles. The van der Waals surface area contributed by atoms with Crippen molar-refractivity contribution in [1.82, 2.24) is 5.16 Å². The zero-order chi connectivity index (χ0) is 16.8. The molecule has 1 N–H and O–H groups in total. The Bertz CT molecular complexity index is 684. The first-order valence-corrected chi connectivity index (χ1v) is 7.56. The number of aryl methyl sites for hydroxylation is 3. The third-order valence-electron chi connectivity index (χ3n) is 3.43. The number of hydrogen-bond donors (Lipinski definition) is 1. The quantitative estimate of drug-likeness (QED) is 0.829. The Morgan fingerprint density at radius 1 is 1.22 bits per heavy atom. The summed E-state index contributed by atoms with van der Waals surface area (Å²) in [4.78, 5) is 23.8. The lowest BCUT2D eigenvalue weighted by molar-refractivity contribution is -0.119. The highest BCUT2D eigenvalue weighted by Crippen LogP contribution is 2.22. The van der Waals surface area contributed by atoms with Gasteiger partial charge in [-0.1, -0.05) is 37.2 Å². The summed E-state index contributed by atoms with van der Waals surface area (Å²) in [6.45, 7) is 5.37. The molecule has 0 radical (unpaired) electrons. The molecule has 0 bridgehead atoms. The maximum Gasteiger partial charge on any atom is 0.377 e. The summed E-state index contributed by atoms with van der Waals surface area (Å²) >= 11 is 0. The van der Waals surface area contributed by atoms with Gasteiger partial charge in [0.05, 0.1) is 5.69 Å². The fourth-order valence-corrected chi connectivity index (χ4v) is 2.24. The fraction of sp³-hybridized carbons (Fsp3) is 0.353. The molecule has 0 unspecified atom stereocenters. The van der Waals surface area contributed by atoms with Crippen molar-refractivity contribution in [3.05, 3.63) is 46.8 Å². The van der Waals surface area contributed by atoms with E-state index in [1.165, 1.54) is 6.07 Å². The lowest BCUT2D eigenvalue weighted by Gasteiger charge is -2.14. The van der Waals surface area contributed by atoms with Crippen LogP contribution in [0.4, 0.5) is 5.69 Å². The monoisotopic (exact) mass is 316 g/mol. The van der Waals surface area contributed by atoms with Gasteiger partial charge in [0, 0.05) is 11.8 Å². The molecule has 1 heterocycles. The number of amides is 1. The number of carbonyl (C=O) groups excluding carboxylic acids is 2. The minimum Gasteiger partial charge on any atom is -0.450 e. The number of ether oxygens (including phenoxy) is 1. The molecule has 6 nitrogen and oxygen atoms in total. The fourth-order valence-electron chi connectivity index (χ4n) is 2.24. The van der Waals surface area contributed by atoms with E-state index < -0.39 is 5.97 Å². The number of carbonyl (C=O) groups is 2. The number of esters is 1. The number of aromatic nitrogens is 1. The van der Waals surface area contributed by atoms with Crippen LogP contribution in [0.2, 0.25) is 0 Å². The number of benzene rings is 1. The van der Waals surface area contributed by atoms with Crippen LogP contribution in [0.3, 0.4) is 0 Å². The molecule has 0 saturated heterocycles. The minimum absolute atomic E-state index is 0.0153. The Morgan fingerprint density at radius 2 is 1.87 bits per heavy atom. The van der Waals surface area contributed by atoms with Gasteiger partial charge in [-0.15, -0.1) is 0 Å². The zero-order valence-corrected chi connectivity index (χ0v) is 13.5. The van der Waals surface area contributed by atoms with Crippen LogP contribution in [0, 0.1) is 6.92 Å². The molecule has 0 aliphatic heterocycles. The Morgan fingerprint density at radius 3 is 2.39 bits per heavy atom. The Kier molecular flexibility index (Phi) is 5.51. The number of rotatable bonds is 6. The summed E-state index contributed by atoms with van der Waals surface area (Å²) in [7, 11) is 0. The van der Waals surface area contributed by atoms with Crippen LogP contribution < -0.4 is 5.32 Å². The van der Waals surface area contributed by atoms with Crippen LogP contribution in [-0.4, -0.2) is 23.6 Å². The van der Waals surface area contributed by atoms with Crippen molar-refractivity contribution in [1.29, 1.82) is 0 Å². The van der Waals surface area contributed by atoms with Crippen molar-refractivity contribution in [3.63, 3.8) is 0 Å². The molecule has 122 valence electrons. The SMILES string of the molecule is CCc1cccc(CC)c1NC(=O)COC(=O)c1cc(C)no1. The van der Waals surface area contributed by atoms with Crippen LogP contribution >= 0.6 is 0 Å². The van der Waals surface area contributed by atoms with Crippen LogP contribution in [0.5, 0.6) is 0 Å². The molecule has 0 fully saturated rings. The largest absolute Gasteiger partial charge is 0.450 e. The van der Waals surface area contributed by atoms with E-state index in [0.29, 0.717) is 5.69 Å². The summed E-state index contributed by atoms with van der Waals surface area (Å²) in [5, 5.41) is 6.43. The average Bonchev–Trinajstić information content (AvgIpc) is 2.99. The van der Waals surface area contributed by atoms with Crippen LogP contribution in [-0.2, 0) is 22.4 Å². The van der Waals surface area contributed by atoms with Gasteiger partial charge in [0.15, 0.2) is 6.61 Å². The molecule has 0 atom stereocenters. The van der Waals surface area contributed by atoms with Crippen molar-refractivity contribution >= 4 is 17.6 Å². The van der Waals surface area contributed by atoms with E-state index in [1.54, 1.807) is 6.92 Å². The second kappa shape index (κ2) is 7.58. The molecule has 1 amide bonds. The molecule has 2 rings (SSSR count). The van der Waals surface area contributed by atoms with E-state index in [0.717, 1.165) is 29.7 Å². The second-order valence-electron chi connectivity index (χ2n) is 5.12. The van der Waals surface area contributed by atoms with Gasteiger partial charge in [-0.3, -0.25) is 4.79 Å². The molecule has 1 aromatic carbocycles. The number of hydrogen-bond acceptors (Lipinski definition) is 5. The third-order valence-corrected chi connectivity index (χ3v) is 3.43. The van der Waals surface area contributed by atoms with Crippen molar-refractivity contribution in [2.24, 2.45) is 0 Å². The van der Waals surface area contributed by atoms with Crippen LogP contribution in [0.25, 0.3) is 0 Å². The Balaban J connectivity index is 1.99. The molecular weight excluding hydrogens is 296 g/mol. The van der Waals surface area contributed by atoms with Gasteiger partial charge < -0.3 is 14.6 Å². The molecule has 2 aromatic rings. The van der Waals surface area contributed by atoms with Gasteiger partial charge in [-0.2, -0.15) is 0 Å². The van der Waals surface area contributed by atoms with Gasteiger partial charge >= 0.3 is 5.97 Å². The first-order valence-electron chi connectivity index (χ1n) is 7.56. The van der Waals surface area contributed by atoms with E-state index in [-0.39, 0.29) is 18.3 Å². The Hall–Kier alpha value is -2.63. The summed E-state index contributed by atoms with van der Waals surface area (Å²) in [6.07, 6.45) is 1.61. The first kappa shape index (κ1) is 16.7. The number of nitrogens with zero attached hydrogens (tertiary/aromatic N) is 1. The minimum atomic E-state index is -0.708. The van der Waals surface area contributed by atoms with Crippen molar-refractivity contribution < 1.29 is 18.8 Å². The van der Waals surface area contributed by atoms with Crippen LogP contribution in [0.1, 0.15) is 41.2 Å². The van der Waals surface area contributed by atoms with Gasteiger partial charge in [0.25, 0.3) is 5.91 Å². The maximum atomic E-state index is 12.1. The van der Waals surface area contributed by atoms with Crippen molar-refractivity contribution in [2.75, 3.05) is 11.9 Å². The van der Waals surface area contributed by atoms with E-state index >= 15 is 0 Å². The molecular formula is C17H20N2O4. The van der Waals surface area contributed by atoms with E-state index in [2.05, 4.69) is 10.5 Å². The highest BCUT2D eigenvalue weighted by Gasteiger charge is 2.16. The summed E-state index contributed by atoms with van der Waals surface area (Å²) < 4.78 is 9.73. The highest BCUT2D eigenvalue weighted by atomic mass is 16.6. The molecule has 0 spiro atoms. The smallest absolute Gasteiger partial charge is 0.377 e. The number of para-hydroxylation sites is 1. The highest BCUT2D eigenvalue weighted by molar-refractivity contribution is 5.95. The van der Waals surface area contributed by atoms with Crippen molar-refractivity contribution in [3.8, 4) is 0 Å². The normalized spacial score (nSPS) is 10.4. The lowest BCUT2D eigenvalue weighted by Crippen LogP contribution is -2.22. The van der Waals surface area contributed by atoms with Gasteiger partial charge in [-0.05, 0) is 30.9 Å². The maximum absolute atomic E-state index is 12.1. The standard InChI is InChI=1S/C17H20N2O4/c1-4-12-7-6-8-13(5-2)16(12)18-15(20)10-22-17(21)14-9-11(3)19-23-14/h6-9H,4-5,10H2,1-3H3,(H,18,20). The summed E-state index contributed by atoms with van der Waals surface area (Å²) in [5.41, 5.74) is 3.48. The molecule has 23 heavy (non-hydrogen) atoms. The van der Waals surface area contributed by atoms with E-state index in [4.69, 9.17) is 9.26 Å². The predicted molar refractivity (Wildman–Crippen MR) is 85.4 cm³/mol. The van der Waals surface area contributed by atoms with E-state index in [1.807, 2.05) is 32.0 Å². The predicted octanol–water partition coefficient (Wildman–Crippen LogP) is 2.90. The molecule has 0 saturated carbocycles. The van der Waals surface area contributed by atoms with Gasteiger partial charge in [0.2, 0.25) is 5.76 Å². The second-order valence-corrected chi connectivity index (χ2v) is 5.12. The molecule has 0 aliphatic carbocycles. The number of nitrogens with one attached hydrogen (secondary N) is 1. The topological polar surface area (TPSA) is 81.4 Å².